The zero-order valence-corrected chi connectivity index (χ0v) is 33.5. The van der Waals surface area contributed by atoms with Gasteiger partial charge in [0.2, 0.25) is 0 Å². The summed E-state index contributed by atoms with van der Waals surface area (Å²) in [4.78, 5) is 0. The van der Waals surface area contributed by atoms with Gasteiger partial charge >= 0.3 is 27.2 Å². The molecule has 0 aliphatic carbocycles. The Morgan fingerprint density at radius 2 is 1.03 bits per heavy atom. The van der Waals surface area contributed by atoms with Crippen LogP contribution in [-0.2, 0) is 10.1 Å². The minimum atomic E-state index is -6.61. The van der Waals surface area contributed by atoms with Crippen molar-refractivity contribution < 1.29 is 39.3 Å². The van der Waals surface area contributed by atoms with Crippen molar-refractivity contribution in [3.63, 3.8) is 0 Å². The molecular formula is C22H13F6I6O3PS. The van der Waals surface area contributed by atoms with Crippen LogP contribution in [0.25, 0.3) is 0 Å². The highest BCUT2D eigenvalue weighted by Crippen LogP contribution is 2.47. The Kier molecular flexibility index (Phi) is 13.7. The predicted molar refractivity (Wildman–Crippen MR) is 194 cm³/mol. The van der Waals surface area contributed by atoms with Crippen molar-refractivity contribution in [1.29, 1.82) is 0 Å². The number of alkyl halides is 6. The van der Waals surface area contributed by atoms with E-state index in [-0.39, 0.29) is 0 Å². The first-order chi connectivity index (χ1) is 17.6. The molecule has 0 amide bonds. The summed E-state index contributed by atoms with van der Waals surface area (Å²) < 4.78 is 108. The molecule has 0 bridgehead atoms. The average molecular weight is 1260 g/mol. The first-order valence-electron chi connectivity index (χ1n) is 9.88. The highest BCUT2D eigenvalue weighted by atomic mass is 127. The van der Waals surface area contributed by atoms with Gasteiger partial charge in [0.1, 0.15) is 0 Å². The molecule has 0 fully saturated rings. The van der Waals surface area contributed by atoms with Crippen LogP contribution in [-0.4, -0.2) is 30.1 Å². The van der Waals surface area contributed by atoms with E-state index in [1.165, 1.54) is 37.3 Å². The monoisotopic (exact) mass is 1260 g/mol. The summed E-state index contributed by atoms with van der Waals surface area (Å²) in [6.07, 6.45) is 0. The second-order valence-electron chi connectivity index (χ2n) is 7.56. The number of hydrogen-bond acceptors (Lipinski definition) is 2. The van der Waals surface area contributed by atoms with Crippen molar-refractivity contribution in [3.8, 4) is 0 Å². The maximum Gasteiger partial charge on any atom is 0.437 e. The third-order valence-electron chi connectivity index (χ3n) is 4.67. The first kappa shape index (κ1) is 37.1. The van der Waals surface area contributed by atoms with Gasteiger partial charge in [-0.15, -0.1) is 0 Å². The lowest BCUT2D eigenvalue weighted by Gasteiger charge is -2.28. The van der Waals surface area contributed by atoms with Crippen molar-refractivity contribution in [1.82, 2.24) is 0 Å². The molecule has 0 spiro atoms. The molecule has 39 heavy (non-hydrogen) atoms. The molecule has 0 aromatic heterocycles. The van der Waals surface area contributed by atoms with Gasteiger partial charge in [-0.1, -0.05) is 30.3 Å². The van der Waals surface area contributed by atoms with E-state index in [1.54, 1.807) is 0 Å². The van der Waals surface area contributed by atoms with E-state index in [0.29, 0.717) is 0 Å². The van der Waals surface area contributed by atoms with E-state index in [9.17, 15) is 34.8 Å². The topological polar surface area (TPSA) is 54.4 Å². The van der Waals surface area contributed by atoms with Crippen LogP contribution in [0, 0.1) is 21.4 Å². The summed E-state index contributed by atoms with van der Waals surface area (Å²) in [5.74, 6) is -11.5. The van der Waals surface area contributed by atoms with Crippen molar-refractivity contribution in [2.75, 3.05) is 0 Å². The van der Waals surface area contributed by atoms with Crippen molar-refractivity contribution in [2.45, 2.75) is 24.0 Å². The van der Waals surface area contributed by atoms with Gasteiger partial charge in [-0.3, -0.25) is 4.55 Å². The second kappa shape index (κ2) is 14.4. The average Bonchev–Trinajstić information content (AvgIpc) is 2.76. The molecule has 0 aliphatic rings. The van der Waals surface area contributed by atoms with Gasteiger partial charge < -0.3 is 0 Å². The standard InChI is InChI=1S/C18H9I6P.C4H4F6O3S/c19-10-6-13(21)17(14(22)7-10)25(12-4-2-1-3-5-12)18-15(23)8-11(20)9-16(18)24;1-2(5,6)3(7,8)4(9,10)14(11,12)13/h1-9H;1H3,(H,11,12,13). The molecule has 0 unspecified atom stereocenters. The van der Waals surface area contributed by atoms with Gasteiger partial charge in [0.25, 0.3) is 0 Å². The molecule has 17 heteroatoms. The smallest absolute Gasteiger partial charge is 0.281 e. The summed E-state index contributed by atoms with van der Waals surface area (Å²) >= 11 is 14.9. The molecule has 3 aromatic carbocycles. The fourth-order valence-corrected chi connectivity index (χ4v) is 15.7. The van der Waals surface area contributed by atoms with E-state index in [4.69, 9.17) is 4.55 Å². The predicted octanol–water partition coefficient (Wildman–Crippen LogP) is 8.83. The van der Waals surface area contributed by atoms with E-state index in [2.05, 4.69) is 190 Å². The third kappa shape index (κ3) is 8.78. The summed E-state index contributed by atoms with van der Waals surface area (Å²) in [5, 5.41) is -1.88. The van der Waals surface area contributed by atoms with E-state index < -0.39 is 42.1 Å². The molecule has 214 valence electrons. The Morgan fingerprint density at radius 1 is 0.692 bits per heavy atom. The van der Waals surface area contributed by atoms with Gasteiger partial charge in [-0.25, -0.2) is 0 Å². The zero-order valence-electron chi connectivity index (χ0n) is 18.9. The van der Waals surface area contributed by atoms with Crippen LogP contribution in [0.5, 0.6) is 0 Å². The molecule has 1 N–H and O–H groups in total. The van der Waals surface area contributed by atoms with Gasteiger partial charge in [0, 0.05) is 39.0 Å². The van der Waals surface area contributed by atoms with Crippen molar-refractivity contribution in [3.05, 3.63) is 76.0 Å². The summed E-state index contributed by atoms with van der Waals surface area (Å²) in [6, 6.07) is 20.1. The first-order valence-corrected chi connectivity index (χ1v) is 19.1. The molecule has 3 rings (SSSR count). The van der Waals surface area contributed by atoms with E-state index in [0.717, 1.165) is 0 Å². The quantitative estimate of drug-likeness (QED) is 0.116. The van der Waals surface area contributed by atoms with Gasteiger partial charge in [-0.2, -0.15) is 34.8 Å². The fourth-order valence-electron chi connectivity index (χ4n) is 2.86. The minimum absolute atomic E-state index is 0.591. The van der Waals surface area contributed by atoms with Gasteiger partial charge in [-0.05, 0) is 173 Å². The van der Waals surface area contributed by atoms with Crippen LogP contribution in [0.3, 0.4) is 0 Å². The SMILES string of the molecule is CC(F)(F)C(F)(F)C(F)(F)S(=O)(=O)O.Ic1cc(I)c(P(c2ccccc2)c2c(I)cc(I)cc2I)c(I)c1. The summed E-state index contributed by atoms with van der Waals surface area (Å²) in [6.45, 7) is -0.591. The summed E-state index contributed by atoms with van der Waals surface area (Å²) in [7, 11) is -7.20. The van der Waals surface area contributed by atoms with Crippen LogP contribution < -0.4 is 15.9 Å². The van der Waals surface area contributed by atoms with Gasteiger partial charge in [0.15, 0.2) is 0 Å². The van der Waals surface area contributed by atoms with E-state index >= 15 is 0 Å². The van der Waals surface area contributed by atoms with E-state index in [1.807, 2.05) is 0 Å². The Balaban J connectivity index is 0.000000326. The molecule has 3 nitrogen and oxygen atoms in total. The maximum atomic E-state index is 12.2. The lowest BCUT2D eigenvalue weighted by Crippen LogP contribution is -2.56. The zero-order chi connectivity index (χ0) is 30.1. The number of hydrogen-bond donors (Lipinski definition) is 1. The Labute approximate surface area is 304 Å². The van der Waals surface area contributed by atoms with Crippen LogP contribution >= 0.6 is 143 Å². The normalized spacial score (nSPS) is 12.8. The lowest BCUT2D eigenvalue weighted by molar-refractivity contribution is -0.273. The van der Waals surface area contributed by atoms with Crippen LogP contribution in [0.4, 0.5) is 26.3 Å². The number of halogens is 12. The Bertz CT molecular complexity index is 1350. The Hall–Kier alpha value is 1.96. The third-order valence-corrected chi connectivity index (χ3v) is 14.6. The van der Waals surface area contributed by atoms with Crippen LogP contribution in [0.1, 0.15) is 6.92 Å². The maximum absolute atomic E-state index is 12.2. The summed E-state index contributed by atoms with van der Waals surface area (Å²) in [5.41, 5.74) is 0. The largest absolute Gasteiger partial charge is 0.437 e. The molecule has 0 saturated carbocycles. The molecule has 3 aromatic rings. The highest BCUT2D eigenvalue weighted by molar-refractivity contribution is 14.1. The second-order valence-corrected chi connectivity index (χ2v) is 18.2. The number of rotatable bonds is 6. The molecule has 0 heterocycles. The minimum Gasteiger partial charge on any atom is -0.281 e. The lowest BCUT2D eigenvalue weighted by atomic mass is 10.2. The molecule has 0 atom stereocenters. The molecule has 0 radical (unpaired) electrons. The van der Waals surface area contributed by atoms with Crippen molar-refractivity contribution >= 4 is 169 Å². The molecule has 0 saturated heterocycles. The molecule has 0 aliphatic heterocycles. The van der Waals surface area contributed by atoms with Crippen LogP contribution in [0.15, 0.2) is 54.6 Å². The van der Waals surface area contributed by atoms with Gasteiger partial charge in [0.05, 0.1) is 0 Å². The van der Waals surface area contributed by atoms with Crippen molar-refractivity contribution in [2.24, 2.45) is 0 Å². The molecular weight excluding hydrogens is 1250 g/mol. The fraction of sp³-hybridized carbons (Fsp3) is 0.182. The number of benzene rings is 3. The van der Waals surface area contributed by atoms with Crippen LogP contribution in [0.2, 0.25) is 0 Å². The highest BCUT2D eigenvalue weighted by Gasteiger charge is 2.75. The Morgan fingerprint density at radius 3 is 1.28 bits per heavy atom.